The molecule has 0 unspecified atom stereocenters. The highest BCUT2D eigenvalue weighted by molar-refractivity contribution is 5.66. The summed E-state index contributed by atoms with van der Waals surface area (Å²) in [5, 5.41) is 8.95. The summed E-state index contributed by atoms with van der Waals surface area (Å²) in [5.41, 5.74) is 2.92. The molecule has 1 aromatic heterocycles. The number of rotatable bonds is 1. The van der Waals surface area contributed by atoms with Crippen LogP contribution in [0.5, 0.6) is 0 Å². The third kappa shape index (κ3) is 2.02. The Morgan fingerprint density at radius 1 is 1.32 bits per heavy atom. The fraction of sp³-hybridized carbons (Fsp3) is 0.214. The summed E-state index contributed by atoms with van der Waals surface area (Å²) in [6, 6.07) is 8.37. The summed E-state index contributed by atoms with van der Waals surface area (Å²) in [6.45, 7) is 2.52. The van der Waals surface area contributed by atoms with E-state index in [-0.39, 0.29) is 5.82 Å². The first-order valence-electron chi connectivity index (χ1n) is 5.99. The lowest BCUT2D eigenvalue weighted by Gasteiger charge is -2.17. The molecule has 5 heteroatoms. The molecule has 1 aromatic carbocycles. The quantitative estimate of drug-likeness (QED) is 0.784. The Morgan fingerprint density at radius 3 is 2.95 bits per heavy atom. The lowest BCUT2D eigenvalue weighted by molar-refractivity contribution is 0.628. The Balaban J connectivity index is 2.09. The van der Waals surface area contributed by atoms with Crippen LogP contribution >= 0.6 is 0 Å². The van der Waals surface area contributed by atoms with Crippen molar-refractivity contribution in [3.8, 4) is 6.07 Å². The van der Waals surface area contributed by atoms with Crippen molar-refractivity contribution in [3.05, 3.63) is 47.0 Å². The van der Waals surface area contributed by atoms with Gasteiger partial charge >= 0.3 is 0 Å². The molecule has 0 radical (unpaired) electrons. The molecule has 19 heavy (non-hydrogen) atoms. The van der Waals surface area contributed by atoms with Gasteiger partial charge in [0.1, 0.15) is 17.6 Å². The SMILES string of the molecule is Cc1cc(C#N)nc(N2CCc3ccc(F)cc32)n1. The number of hydrogen-bond donors (Lipinski definition) is 0. The van der Waals surface area contributed by atoms with Gasteiger partial charge in [0.05, 0.1) is 5.69 Å². The molecular formula is C14H11FN4. The molecule has 0 N–H and O–H groups in total. The second-order valence-corrected chi connectivity index (χ2v) is 4.48. The lowest BCUT2D eigenvalue weighted by Crippen LogP contribution is -2.17. The van der Waals surface area contributed by atoms with Crippen LogP contribution in [0.1, 0.15) is 17.0 Å². The summed E-state index contributed by atoms with van der Waals surface area (Å²) in [4.78, 5) is 10.4. The number of aryl methyl sites for hydroxylation is 1. The maximum Gasteiger partial charge on any atom is 0.231 e. The zero-order valence-electron chi connectivity index (χ0n) is 10.4. The van der Waals surface area contributed by atoms with Crippen molar-refractivity contribution in [1.29, 1.82) is 5.26 Å². The monoisotopic (exact) mass is 254 g/mol. The van der Waals surface area contributed by atoms with Gasteiger partial charge in [-0.15, -0.1) is 0 Å². The third-order valence-corrected chi connectivity index (χ3v) is 3.14. The number of anilines is 2. The maximum absolute atomic E-state index is 13.4. The van der Waals surface area contributed by atoms with Crippen LogP contribution in [0.25, 0.3) is 0 Å². The van der Waals surface area contributed by atoms with E-state index in [1.807, 2.05) is 17.9 Å². The molecule has 0 atom stereocenters. The molecule has 94 valence electrons. The second-order valence-electron chi connectivity index (χ2n) is 4.48. The van der Waals surface area contributed by atoms with Crippen LogP contribution in [0.4, 0.5) is 16.0 Å². The van der Waals surface area contributed by atoms with Gasteiger partial charge in [0.15, 0.2) is 0 Å². The minimum absolute atomic E-state index is 0.279. The van der Waals surface area contributed by atoms with E-state index in [1.54, 1.807) is 12.1 Å². The first-order valence-corrected chi connectivity index (χ1v) is 5.99. The fourth-order valence-corrected chi connectivity index (χ4v) is 2.29. The van der Waals surface area contributed by atoms with Crippen LogP contribution in [-0.2, 0) is 6.42 Å². The molecule has 0 amide bonds. The van der Waals surface area contributed by atoms with Gasteiger partial charge in [-0.2, -0.15) is 5.26 Å². The summed E-state index contributed by atoms with van der Waals surface area (Å²) >= 11 is 0. The van der Waals surface area contributed by atoms with E-state index in [1.165, 1.54) is 12.1 Å². The molecule has 0 fully saturated rings. The van der Waals surface area contributed by atoms with Crippen LogP contribution in [-0.4, -0.2) is 16.5 Å². The van der Waals surface area contributed by atoms with E-state index in [9.17, 15) is 4.39 Å². The van der Waals surface area contributed by atoms with Crippen molar-refractivity contribution in [2.45, 2.75) is 13.3 Å². The molecule has 1 aliphatic rings. The zero-order valence-corrected chi connectivity index (χ0v) is 10.4. The number of nitrogens with zero attached hydrogens (tertiary/aromatic N) is 4. The predicted molar refractivity (Wildman–Crippen MR) is 68.6 cm³/mol. The van der Waals surface area contributed by atoms with Crippen LogP contribution in [0, 0.1) is 24.1 Å². The van der Waals surface area contributed by atoms with Gasteiger partial charge in [0.2, 0.25) is 5.95 Å². The molecule has 0 saturated heterocycles. The topological polar surface area (TPSA) is 52.8 Å². The predicted octanol–water partition coefficient (Wildman–Crippen LogP) is 2.49. The molecule has 0 bridgehead atoms. The summed E-state index contributed by atoms with van der Waals surface area (Å²) in [7, 11) is 0. The van der Waals surface area contributed by atoms with E-state index in [4.69, 9.17) is 5.26 Å². The average molecular weight is 254 g/mol. The molecular weight excluding hydrogens is 243 g/mol. The molecule has 0 aliphatic carbocycles. The van der Waals surface area contributed by atoms with Gasteiger partial charge in [-0.25, -0.2) is 14.4 Å². The largest absolute Gasteiger partial charge is 0.310 e. The van der Waals surface area contributed by atoms with Crippen LogP contribution in [0.3, 0.4) is 0 Å². The fourth-order valence-electron chi connectivity index (χ4n) is 2.29. The van der Waals surface area contributed by atoms with Crippen molar-refractivity contribution >= 4 is 11.6 Å². The highest BCUT2D eigenvalue weighted by Crippen LogP contribution is 2.33. The number of aromatic nitrogens is 2. The summed E-state index contributed by atoms with van der Waals surface area (Å²) < 4.78 is 13.4. The second kappa shape index (κ2) is 4.32. The van der Waals surface area contributed by atoms with Crippen molar-refractivity contribution in [2.75, 3.05) is 11.4 Å². The summed E-state index contributed by atoms with van der Waals surface area (Å²) in [6.07, 6.45) is 0.828. The van der Waals surface area contributed by atoms with Gasteiger partial charge in [0.25, 0.3) is 0 Å². The first-order chi connectivity index (χ1) is 9.17. The Kier molecular flexibility index (Phi) is 2.64. The molecule has 3 rings (SSSR count). The van der Waals surface area contributed by atoms with Crippen LogP contribution in [0.2, 0.25) is 0 Å². The number of fused-ring (bicyclic) bond motifs is 1. The zero-order chi connectivity index (χ0) is 13.4. The molecule has 2 aromatic rings. The Labute approximate surface area is 110 Å². The molecule has 0 saturated carbocycles. The van der Waals surface area contributed by atoms with Crippen molar-refractivity contribution in [3.63, 3.8) is 0 Å². The smallest absolute Gasteiger partial charge is 0.231 e. The highest BCUT2D eigenvalue weighted by Gasteiger charge is 2.23. The molecule has 2 heterocycles. The Morgan fingerprint density at radius 2 is 2.16 bits per heavy atom. The van der Waals surface area contributed by atoms with Gasteiger partial charge in [-0.05, 0) is 37.1 Å². The number of nitriles is 1. The number of halogens is 1. The molecule has 4 nitrogen and oxygen atoms in total. The van der Waals surface area contributed by atoms with Crippen molar-refractivity contribution < 1.29 is 4.39 Å². The van der Waals surface area contributed by atoms with Gasteiger partial charge in [0, 0.05) is 12.2 Å². The van der Waals surface area contributed by atoms with Crippen LogP contribution < -0.4 is 4.90 Å². The molecule has 0 spiro atoms. The first kappa shape index (κ1) is 11.6. The van der Waals surface area contributed by atoms with Gasteiger partial charge < -0.3 is 4.90 Å². The number of benzene rings is 1. The number of hydrogen-bond acceptors (Lipinski definition) is 4. The normalized spacial score (nSPS) is 13.2. The molecule has 1 aliphatic heterocycles. The minimum atomic E-state index is -0.279. The standard InChI is InChI=1S/C14H11FN4/c1-9-6-12(8-16)18-14(17-9)19-5-4-10-2-3-11(15)7-13(10)19/h2-3,6-7H,4-5H2,1H3. The van der Waals surface area contributed by atoms with E-state index in [2.05, 4.69) is 9.97 Å². The van der Waals surface area contributed by atoms with Crippen LogP contribution in [0.15, 0.2) is 24.3 Å². The van der Waals surface area contributed by atoms with Gasteiger partial charge in [-0.3, -0.25) is 0 Å². The minimum Gasteiger partial charge on any atom is -0.310 e. The third-order valence-electron chi connectivity index (χ3n) is 3.14. The Bertz CT molecular complexity index is 690. The van der Waals surface area contributed by atoms with E-state index in [0.717, 1.165) is 23.4 Å². The summed E-state index contributed by atoms with van der Waals surface area (Å²) in [5.74, 6) is 0.180. The lowest BCUT2D eigenvalue weighted by atomic mass is 10.2. The van der Waals surface area contributed by atoms with Gasteiger partial charge in [-0.1, -0.05) is 6.07 Å². The van der Waals surface area contributed by atoms with Crippen molar-refractivity contribution in [1.82, 2.24) is 9.97 Å². The van der Waals surface area contributed by atoms with Crippen molar-refractivity contribution in [2.24, 2.45) is 0 Å². The maximum atomic E-state index is 13.4. The Hall–Kier alpha value is -2.48. The van der Waals surface area contributed by atoms with E-state index in [0.29, 0.717) is 18.2 Å². The van der Waals surface area contributed by atoms with E-state index >= 15 is 0 Å². The average Bonchev–Trinajstić information content (AvgIpc) is 2.80. The highest BCUT2D eigenvalue weighted by atomic mass is 19.1. The van der Waals surface area contributed by atoms with E-state index < -0.39 is 0 Å².